The molecule has 0 bridgehead atoms. The second-order valence-corrected chi connectivity index (χ2v) is 6.50. The number of carbonyl (C=O) groups is 2. The van der Waals surface area contributed by atoms with Gasteiger partial charge in [-0.05, 0) is 43.8 Å². The van der Waals surface area contributed by atoms with E-state index in [0.717, 1.165) is 11.3 Å². The molecule has 0 spiro atoms. The maximum Gasteiger partial charge on any atom is 0.338 e. The molecule has 7 nitrogen and oxygen atoms in total. The van der Waals surface area contributed by atoms with Gasteiger partial charge in [-0.3, -0.25) is 0 Å². The van der Waals surface area contributed by atoms with E-state index in [1.54, 1.807) is 39.0 Å². The highest BCUT2D eigenvalue weighted by Crippen LogP contribution is 2.31. The highest BCUT2D eigenvalue weighted by molar-refractivity contribution is 7.80. The SMILES string of the molecule is CCOC(=O)C1=C(C)N(C)C(=S)N[C@@H]1c1cccc(NC(=O)N(C)C)c1. The molecule has 1 aliphatic heterocycles. The zero-order valence-corrected chi connectivity index (χ0v) is 16.4. The molecule has 0 unspecified atom stereocenters. The van der Waals surface area contributed by atoms with Gasteiger partial charge in [0.15, 0.2) is 5.11 Å². The summed E-state index contributed by atoms with van der Waals surface area (Å²) in [7, 11) is 5.13. The van der Waals surface area contributed by atoms with Crippen LogP contribution in [-0.4, -0.2) is 54.7 Å². The zero-order valence-electron chi connectivity index (χ0n) is 15.6. The first-order chi connectivity index (χ1) is 12.3. The van der Waals surface area contributed by atoms with Crippen LogP contribution in [0.3, 0.4) is 0 Å². The lowest BCUT2D eigenvalue weighted by molar-refractivity contribution is -0.139. The van der Waals surface area contributed by atoms with Crippen molar-refractivity contribution in [1.82, 2.24) is 15.1 Å². The molecule has 0 fully saturated rings. The van der Waals surface area contributed by atoms with E-state index in [4.69, 9.17) is 17.0 Å². The van der Waals surface area contributed by atoms with Crippen LogP contribution in [0.5, 0.6) is 0 Å². The molecule has 1 aromatic rings. The summed E-state index contributed by atoms with van der Waals surface area (Å²) in [5.41, 5.74) is 2.67. The summed E-state index contributed by atoms with van der Waals surface area (Å²) in [5, 5.41) is 6.50. The van der Waals surface area contributed by atoms with Gasteiger partial charge in [-0.15, -0.1) is 0 Å². The Labute approximate surface area is 159 Å². The Morgan fingerprint density at radius 3 is 2.69 bits per heavy atom. The molecule has 0 saturated heterocycles. The number of benzene rings is 1. The Balaban J connectivity index is 2.42. The molecule has 0 aliphatic carbocycles. The summed E-state index contributed by atoms with van der Waals surface area (Å²) >= 11 is 5.38. The fourth-order valence-corrected chi connectivity index (χ4v) is 2.84. The summed E-state index contributed by atoms with van der Waals surface area (Å²) in [6.45, 7) is 3.89. The largest absolute Gasteiger partial charge is 0.463 e. The topological polar surface area (TPSA) is 73.9 Å². The van der Waals surface area contributed by atoms with Gasteiger partial charge in [-0.2, -0.15) is 0 Å². The smallest absolute Gasteiger partial charge is 0.338 e. The number of urea groups is 1. The molecule has 140 valence electrons. The van der Waals surface area contributed by atoms with Crippen molar-refractivity contribution >= 4 is 35.0 Å². The molecule has 2 N–H and O–H groups in total. The molecule has 1 aromatic carbocycles. The second kappa shape index (κ2) is 8.18. The first-order valence-corrected chi connectivity index (χ1v) is 8.67. The molecule has 1 atom stereocenters. The Kier molecular flexibility index (Phi) is 6.20. The van der Waals surface area contributed by atoms with E-state index in [2.05, 4.69) is 10.6 Å². The van der Waals surface area contributed by atoms with E-state index in [-0.39, 0.29) is 18.6 Å². The fraction of sp³-hybridized carbons (Fsp3) is 0.389. The Morgan fingerprint density at radius 1 is 1.38 bits per heavy atom. The van der Waals surface area contributed by atoms with Gasteiger partial charge in [0.1, 0.15) is 0 Å². The molecular weight excluding hydrogens is 352 g/mol. The van der Waals surface area contributed by atoms with Gasteiger partial charge in [0, 0.05) is 32.5 Å². The lowest BCUT2D eigenvalue weighted by Crippen LogP contribution is -2.46. The highest BCUT2D eigenvalue weighted by atomic mass is 32.1. The van der Waals surface area contributed by atoms with E-state index < -0.39 is 6.04 Å². The Morgan fingerprint density at radius 2 is 2.08 bits per heavy atom. The summed E-state index contributed by atoms with van der Waals surface area (Å²) in [6.07, 6.45) is 0. The minimum absolute atomic E-state index is 0.230. The van der Waals surface area contributed by atoms with Gasteiger partial charge in [0.2, 0.25) is 0 Å². The number of hydrogen-bond donors (Lipinski definition) is 2. The molecule has 2 amide bonds. The third kappa shape index (κ3) is 4.13. The number of amides is 2. The number of ether oxygens (including phenoxy) is 1. The van der Waals surface area contributed by atoms with Gasteiger partial charge in [0.05, 0.1) is 18.2 Å². The van der Waals surface area contributed by atoms with Crippen LogP contribution in [0.2, 0.25) is 0 Å². The molecule has 26 heavy (non-hydrogen) atoms. The third-order valence-electron chi connectivity index (χ3n) is 4.13. The predicted octanol–water partition coefficient (Wildman–Crippen LogP) is 2.48. The number of anilines is 1. The monoisotopic (exact) mass is 376 g/mol. The van der Waals surface area contributed by atoms with Crippen molar-refractivity contribution in [1.29, 1.82) is 0 Å². The van der Waals surface area contributed by atoms with Crippen LogP contribution in [0.15, 0.2) is 35.5 Å². The Hall–Kier alpha value is -2.61. The summed E-state index contributed by atoms with van der Waals surface area (Å²) in [5.74, 6) is -0.389. The molecule has 1 aliphatic rings. The van der Waals surface area contributed by atoms with E-state index in [1.807, 2.05) is 25.1 Å². The third-order valence-corrected chi connectivity index (χ3v) is 4.52. The van der Waals surface area contributed by atoms with E-state index in [1.165, 1.54) is 4.90 Å². The number of allylic oxidation sites excluding steroid dienone is 1. The number of hydrogen-bond acceptors (Lipinski definition) is 4. The molecule has 8 heteroatoms. The first-order valence-electron chi connectivity index (χ1n) is 8.26. The van der Waals surface area contributed by atoms with Gasteiger partial charge < -0.3 is 25.2 Å². The number of esters is 1. The average molecular weight is 376 g/mol. The maximum atomic E-state index is 12.5. The normalized spacial score (nSPS) is 16.9. The minimum Gasteiger partial charge on any atom is -0.463 e. The minimum atomic E-state index is -0.450. The van der Waals surface area contributed by atoms with E-state index in [9.17, 15) is 9.59 Å². The van der Waals surface area contributed by atoms with E-state index in [0.29, 0.717) is 16.4 Å². The van der Waals surface area contributed by atoms with Crippen LogP contribution in [0.4, 0.5) is 10.5 Å². The second-order valence-electron chi connectivity index (χ2n) is 6.11. The summed E-state index contributed by atoms with van der Waals surface area (Å²) in [4.78, 5) is 27.6. The molecule has 1 heterocycles. The number of nitrogens with one attached hydrogen (secondary N) is 2. The van der Waals surface area contributed by atoms with Crippen LogP contribution < -0.4 is 10.6 Å². The van der Waals surface area contributed by atoms with E-state index >= 15 is 0 Å². The fourth-order valence-electron chi connectivity index (χ4n) is 2.59. The van der Waals surface area contributed by atoms with Crippen molar-refractivity contribution in [2.24, 2.45) is 0 Å². The standard InChI is InChI=1S/C18H24N4O3S/c1-6-25-16(23)14-11(2)22(5)18(26)20-15(14)12-8-7-9-13(10-12)19-17(24)21(3)4/h7-10,15H,6H2,1-5H3,(H,19,24)(H,20,26)/t15-/m1/s1. The van der Waals surface area contributed by atoms with Gasteiger partial charge in [-0.1, -0.05) is 12.1 Å². The molecule has 0 radical (unpaired) electrons. The predicted molar refractivity (Wildman–Crippen MR) is 105 cm³/mol. The summed E-state index contributed by atoms with van der Waals surface area (Å²) in [6, 6.07) is 6.63. The van der Waals surface area contributed by atoms with Crippen LogP contribution >= 0.6 is 12.2 Å². The lowest BCUT2D eigenvalue weighted by Gasteiger charge is -2.35. The van der Waals surface area contributed by atoms with Crippen molar-refractivity contribution in [3.05, 3.63) is 41.1 Å². The lowest BCUT2D eigenvalue weighted by atomic mass is 9.95. The average Bonchev–Trinajstić information content (AvgIpc) is 2.59. The molecule has 2 rings (SSSR count). The number of carbonyl (C=O) groups excluding carboxylic acids is 2. The highest BCUT2D eigenvalue weighted by Gasteiger charge is 2.33. The summed E-state index contributed by atoms with van der Waals surface area (Å²) < 4.78 is 5.23. The van der Waals surface area contributed by atoms with Crippen molar-refractivity contribution in [3.63, 3.8) is 0 Å². The number of rotatable bonds is 4. The molecular formula is C18H24N4O3S. The van der Waals surface area contributed by atoms with Gasteiger partial charge in [-0.25, -0.2) is 9.59 Å². The zero-order chi connectivity index (χ0) is 19.4. The van der Waals surface area contributed by atoms with Crippen molar-refractivity contribution in [2.45, 2.75) is 19.9 Å². The van der Waals surface area contributed by atoms with Crippen molar-refractivity contribution in [3.8, 4) is 0 Å². The van der Waals surface area contributed by atoms with Crippen molar-refractivity contribution in [2.75, 3.05) is 33.1 Å². The Bertz CT molecular complexity index is 761. The van der Waals surface area contributed by atoms with Gasteiger partial charge >= 0.3 is 12.0 Å². The maximum absolute atomic E-state index is 12.5. The quantitative estimate of drug-likeness (QED) is 0.621. The number of thiocarbonyl (C=S) groups is 1. The van der Waals surface area contributed by atoms with Crippen LogP contribution in [0, 0.1) is 0 Å². The molecule has 0 aromatic heterocycles. The first kappa shape index (κ1) is 19.7. The van der Waals surface area contributed by atoms with Crippen molar-refractivity contribution < 1.29 is 14.3 Å². The van der Waals surface area contributed by atoms with Crippen LogP contribution in [-0.2, 0) is 9.53 Å². The van der Waals surface area contributed by atoms with Crippen LogP contribution in [0.1, 0.15) is 25.5 Å². The van der Waals surface area contributed by atoms with Crippen LogP contribution in [0.25, 0.3) is 0 Å². The molecule has 0 saturated carbocycles. The number of nitrogens with zero attached hydrogens (tertiary/aromatic N) is 2. The van der Waals surface area contributed by atoms with Gasteiger partial charge in [0.25, 0.3) is 0 Å².